The lowest BCUT2D eigenvalue weighted by Crippen LogP contribution is -2.48. The van der Waals surface area contributed by atoms with Gasteiger partial charge in [-0.05, 0) is 44.9 Å². The highest BCUT2D eigenvalue weighted by atomic mass is 16.7. The topological polar surface area (TPSA) is 58.9 Å². The van der Waals surface area contributed by atoms with E-state index in [0.717, 1.165) is 37.8 Å². The number of fused-ring (bicyclic) bond motifs is 1. The van der Waals surface area contributed by atoms with Gasteiger partial charge in [-0.3, -0.25) is 0 Å². The third-order valence-electron chi connectivity index (χ3n) is 4.72. The van der Waals surface area contributed by atoms with E-state index < -0.39 is 0 Å². The maximum absolute atomic E-state index is 10.9. The molecule has 2 rings (SSSR count). The number of nitrogens with zero attached hydrogens (tertiary/aromatic N) is 1. The lowest BCUT2D eigenvalue weighted by molar-refractivity contribution is -0.141. The van der Waals surface area contributed by atoms with Crippen LogP contribution in [0, 0.1) is 11.3 Å². The molecule has 0 aromatic rings. The normalized spacial score (nSPS) is 36.9. The van der Waals surface area contributed by atoms with Crippen LogP contribution in [0.1, 0.15) is 58.8 Å². The Morgan fingerprint density at radius 2 is 1.94 bits per heavy atom. The molecule has 0 aromatic carbocycles. The molecular weight excluding hydrogens is 230 g/mol. The van der Waals surface area contributed by atoms with Crippen LogP contribution in [0.3, 0.4) is 0 Å². The highest BCUT2D eigenvalue weighted by molar-refractivity contribution is 5.88. The zero-order chi connectivity index (χ0) is 13.2. The summed E-state index contributed by atoms with van der Waals surface area (Å²) in [5.74, 6) is -0.0891. The predicted molar refractivity (Wildman–Crippen MR) is 69.1 cm³/mol. The summed E-state index contributed by atoms with van der Waals surface area (Å²) in [5.41, 5.74) is 0.854. The number of aliphatic hydroxyl groups is 1. The molecule has 1 N–H and O–H groups in total. The Labute approximate surface area is 108 Å². The number of aliphatic hydroxyl groups excluding tert-OH is 1. The maximum Gasteiger partial charge on any atom is 0.331 e. The van der Waals surface area contributed by atoms with Crippen molar-refractivity contribution >= 4 is 11.7 Å². The van der Waals surface area contributed by atoms with Gasteiger partial charge in [0.2, 0.25) is 0 Å². The number of carbonyl (C=O) groups excluding carboxylic acids is 1. The molecule has 0 unspecified atom stereocenters. The van der Waals surface area contributed by atoms with E-state index in [1.165, 1.54) is 19.8 Å². The third kappa shape index (κ3) is 2.44. The Hall–Kier alpha value is -0.900. The number of hydrogen-bond donors (Lipinski definition) is 1. The van der Waals surface area contributed by atoms with E-state index in [1.54, 1.807) is 0 Å². The standard InChI is InChI=1S/C14H23NO3/c1-10(15-18-11(2)16)14-8-4-3-6-12(14)13(17)7-5-9-14/h12-13,17H,3-9H2,1-2H3/b15-10-/t12-,13-,14-/m1/s1. The van der Waals surface area contributed by atoms with Gasteiger partial charge in [0.15, 0.2) is 0 Å². The highest BCUT2D eigenvalue weighted by Crippen LogP contribution is 2.51. The second kappa shape index (κ2) is 5.39. The molecule has 4 heteroatoms. The Morgan fingerprint density at radius 3 is 2.67 bits per heavy atom. The molecule has 4 nitrogen and oxygen atoms in total. The van der Waals surface area contributed by atoms with Crippen molar-refractivity contribution in [3.63, 3.8) is 0 Å². The average Bonchev–Trinajstić information content (AvgIpc) is 2.36. The van der Waals surface area contributed by atoms with Gasteiger partial charge < -0.3 is 9.94 Å². The number of carbonyl (C=O) groups is 1. The number of hydrogen-bond acceptors (Lipinski definition) is 4. The first-order chi connectivity index (χ1) is 8.56. The predicted octanol–water partition coefficient (Wildman–Crippen LogP) is 2.65. The zero-order valence-electron chi connectivity index (χ0n) is 11.3. The van der Waals surface area contributed by atoms with Gasteiger partial charge in [0.1, 0.15) is 0 Å². The van der Waals surface area contributed by atoms with E-state index in [-0.39, 0.29) is 17.5 Å². The van der Waals surface area contributed by atoms with Crippen LogP contribution in [0.15, 0.2) is 5.16 Å². The van der Waals surface area contributed by atoms with Crippen molar-refractivity contribution in [3.8, 4) is 0 Å². The first-order valence-corrected chi connectivity index (χ1v) is 6.97. The highest BCUT2D eigenvalue weighted by Gasteiger charge is 2.48. The molecule has 0 bridgehead atoms. The Balaban J connectivity index is 2.23. The van der Waals surface area contributed by atoms with Gasteiger partial charge in [0.05, 0.1) is 11.8 Å². The summed E-state index contributed by atoms with van der Waals surface area (Å²) >= 11 is 0. The summed E-state index contributed by atoms with van der Waals surface area (Å²) < 4.78 is 0. The van der Waals surface area contributed by atoms with Crippen LogP contribution >= 0.6 is 0 Å². The van der Waals surface area contributed by atoms with Crippen molar-refractivity contribution in [2.75, 3.05) is 0 Å². The summed E-state index contributed by atoms with van der Waals surface area (Å²) in [7, 11) is 0. The van der Waals surface area contributed by atoms with Crippen molar-refractivity contribution in [3.05, 3.63) is 0 Å². The van der Waals surface area contributed by atoms with Gasteiger partial charge in [-0.25, -0.2) is 4.79 Å². The van der Waals surface area contributed by atoms with E-state index in [2.05, 4.69) is 5.16 Å². The third-order valence-corrected chi connectivity index (χ3v) is 4.72. The summed E-state index contributed by atoms with van der Waals surface area (Å²) in [6.07, 6.45) is 7.25. The summed E-state index contributed by atoms with van der Waals surface area (Å²) in [4.78, 5) is 15.7. The summed E-state index contributed by atoms with van der Waals surface area (Å²) in [6, 6.07) is 0. The van der Waals surface area contributed by atoms with E-state index in [9.17, 15) is 9.90 Å². The molecule has 18 heavy (non-hydrogen) atoms. The number of rotatable bonds is 2. The van der Waals surface area contributed by atoms with E-state index in [4.69, 9.17) is 4.84 Å². The van der Waals surface area contributed by atoms with Crippen LogP contribution < -0.4 is 0 Å². The first kappa shape index (κ1) is 13.5. The molecule has 3 atom stereocenters. The fourth-order valence-electron chi connectivity index (χ4n) is 3.82. The lowest BCUT2D eigenvalue weighted by Gasteiger charge is -2.49. The Bertz CT molecular complexity index is 349. The molecular formula is C14H23NO3. The second-order valence-corrected chi connectivity index (χ2v) is 5.73. The van der Waals surface area contributed by atoms with Crippen molar-refractivity contribution in [2.24, 2.45) is 16.5 Å². The molecule has 0 saturated heterocycles. The van der Waals surface area contributed by atoms with Crippen LogP contribution in [0.2, 0.25) is 0 Å². The van der Waals surface area contributed by atoms with Crippen LogP contribution in [-0.4, -0.2) is 22.9 Å². The molecule has 2 fully saturated rings. The minimum atomic E-state index is -0.380. The van der Waals surface area contributed by atoms with Crippen molar-refractivity contribution in [1.82, 2.24) is 0 Å². The fraction of sp³-hybridized carbons (Fsp3) is 0.857. The van der Waals surface area contributed by atoms with Gasteiger partial charge in [0, 0.05) is 12.3 Å². The Kier molecular flexibility index (Phi) is 4.05. The van der Waals surface area contributed by atoms with Crippen LogP contribution in [0.5, 0.6) is 0 Å². The van der Waals surface area contributed by atoms with Crippen LogP contribution in [0.4, 0.5) is 0 Å². The van der Waals surface area contributed by atoms with Gasteiger partial charge >= 0.3 is 5.97 Å². The molecule has 2 saturated carbocycles. The molecule has 2 aliphatic carbocycles. The second-order valence-electron chi connectivity index (χ2n) is 5.73. The molecule has 0 spiro atoms. The van der Waals surface area contributed by atoms with Crippen LogP contribution in [-0.2, 0) is 9.63 Å². The van der Waals surface area contributed by atoms with Crippen molar-refractivity contribution in [2.45, 2.75) is 64.9 Å². The minimum Gasteiger partial charge on any atom is -0.393 e. The molecule has 0 heterocycles. The van der Waals surface area contributed by atoms with E-state index in [0.29, 0.717) is 5.92 Å². The van der Waals surface area contributed by atoms with Gasteiger partial charge in [-0.15, -0.1) is 0 Å². The lowest BCUT2D eigenvalue weighted by atomic mass is 9.56. The van der Waals surface area contributed by atoms with Gasteiger partial charge in [0.25, 0.3) is 0 Å². The maximum atomic E-state index is 10.9. The SMILES string of the molecule is CC(=O)O/N=C(/C)[C@]12CCCC[C@@H]1[C@H](O)CCC2. The monoisotopic (exact) mass is 253 g/mol. The molecule has 0 aliphatic heterocycles. The largest absolute Gasteiger partial charge is 0.393 e. The van der Waals surface area contributed by atoms with Gasteiger partial charge in [-0.1, -0.05) is 18.0 Å². The molecule has 102 valence electrons. The van der Waals surface area contributed by atoms with Crippen molar-refractivity contribution < 1.29 is 14.7 Å². The summed E-state index contributed by atoms with van der Waals surface area (Å²) in [6.45, 7) is 3.31. The van der Waals surface area contributed by atoms with E-state index in [1.807, 2.05) is 6.92 Å². The molecule has 0 radical (unpaired) electrons. The number of oxime groups is 1. The molecule has 0 aromatic heterocycles. The fourth-order valence-corrected chi connectivity index (χ4v) is 3.82. The first-order valence-electron chi connectivity index (χ1n) is 6.97. The Morgan fingerprint density at radius 1 is 1.22 bits per heavy atom. The van der Waals surface area contributed by atoms with Crippen molar-refractivity contribution in [1.29, 1.82) is 0 Å². The summed E-state index contributed by atoms with van der Waals surface area (Å²) in [5, 5.41) is 14.2. The smallest absolute Gasteiger partial charge is 0.331 e. The van der Waals surface area contributed by atoms with Crippen LogP contribution in [0.25, 0.3) is 0 Å². The van der Waals surface area contributed by atoms with E-state index >= 15 is 0 Å². The van der Waals surface area contributed by atoms with Gasteiger partial charge in [-0.2, -0.15) is 0 Å². The molecule has 0 amide bonds. The average molecular weight is 253 g/mol. The molecule has 2 aliphatic rings. The quantitative estimate of drug-likeness (QED) is 0.467. The minimum absolute atomic E-state index is 0.0363. The zero-order valence-corrected chi connectivity index (χ0v) is 11.3.